The molecule has 9 heteroatoms. The minimum atomic E-state index is -4.40. The van der Waals surface area contributed by atoms with Crippen molar-refractivity contribution in [1.82, 2.24) is 5.32 Å². The lowest BCUT2D eigenvalue weighted by Gasteiger charge is -2.21. The molecule has 0 radical (unpaired) electrons. The summed E-state index contributed by atoms with van der Waals surface area (Å²) in [7, 11) is 0. The molecule has 0 unspecified atom stereocenters. The van der Waals surface area contributed by atoms with Crippen LogP contribution < -0.4 is 14.8 Å². The molecule has 2 N–H and O–H groups in total. The standard InChI is InChI=1S/C25H22F3NO5/c1-24(2,23(31)32)34-21-13-11-20(12-14-21)33-19-9-5-17(6-10-19)22(30)29-15-16-3-7-18(8-4-16)25(26,27)28/h3-14H,15H2,1-2H3,(H,29,30)(H,31,32). The molecule has 0 heterocycles. The number of carboxylic acid groups (broad SMARTS) is 1. The number of carboxylic acids is 1. The van der Waals surface area contributed by atoms with Gasteiger partial charge in [-0.15, -0.1) is 0 Å². The number of carbonyl (C=O) groups is 2. The fourth-order valence-electron chi connectivity index (χ4n) is 2.82. The van der Waals surface area contributed by atoms with Crippen LogP contribution in [0.25, 0.3) is 0 Å². The first kappa shape index (κ1) is 24.6. The van der Waals surface area contributed by atoms with E-state index in [0.29, 0.717) is 28.4 Å². The number of halogens is 3. The molecule has 0 saturated heterocycles. The van der Waals surface area contributed by atoms with E-state index in [1.807, 2.05) is 0 Å². The predicted molar refractivity (Wildman–Crippen MR) is 118 cm³/mol. The van der Waals surface area contributed by atoms with Crippen molar-refractivity contribution in [3.8, 4) is 17.2 Å². The number of benzene rings is 3. The van der Waals surface area contributed by atoms with E-state index < -0.39 is 23.3 Å². The van der Waals surface area contributed by atoms with Crippen molar-refractivity contribution in [2.45, 2.75) is 32.2 Å². The number of nitrogens with one attached hydrogen (secondary N) is 1. The minimum absolute atomic E-state index is 0.0856. The first-order chi connectivity index (χ1) is 15.9. The molecule has 0 aromatic heterocycles. The highest BCUT2D eigenvalue weighted by molar-refractivity contribution is 5.94. The van der Waals surface area contributed by atoms with Crippen LogP contribution in [-0.4, -0.2) is 22.6 Å². The second-order valence-corrected chi connectivity index (χ2v) is 7.89. The second-order valence-electron chi connectivity index (χ2n) is 7.89. The molecule has 3 rings (SSSR count). The molecular weight excluding hydrogens is 451 g/mol. The third-order valence-electron chi connectivity index (χ3n) is 4.80. The Hall–Kier alpha value is -4.01. The summed E-state index contributed by atoms with van der Waals surface area (Å²) in [5.41, 5.74) is -1.21. The van der Waals surface area contributed by atoms with E-state index in [4.69, 9.17) is 14.6 Å². The number of ether oxygens (including phenoxy) is 2. The van der Waals surface area contributed by atoms with Crippen molar-refractivity contribution in [3.05, 3.63) is 89.5 Å². The highest BCUT2D eigenvalue weighted by Gasteiger charge is 2.30. The van der Waals surface area contributed by atoms with Crippen molar-refractivity contribution < 1.29 is 37.3 Å². The number of alkyl halides is 3. The van der Waals surface area contributed by atoms with Crippen molar-refractivity contribution in [3.63, 3.8) is 0 Å². The van der Waals surface area contributed by atoms with Crippen LogP contribution in [-0.2, 0) is 17.5 Å². The van der Waals surface area contributed by atoms with Crippen LogP contribution in [0, 0.1) is 0 Å². The van der Waals surface area contributed by atoms with E-state index in [9.17, 15) is 22.8 Å². The molecule has 0 atom stereocenters. The number of amides is 1. The largest absolute Gasteiger partial charge is 0.478 e. The van der Waals surface area contributed by atoms with Gasteiger partial charge in [0, 0.05) is 12.1 Å². The SMILES string of the molecule is CC(C)(Oc1ccc(Oc2ccc(C(=O)NCc3ccc(C(F)(F)F)cc3)cc2)cc1)C(=O)O. The molecular formula is C25H22F3NO5. The van der Waals surface area contributed by atoms with Gasteiger partial charge in [0.1, 0.15) is 17.2 Å². The summed E-state index contributed by atoms with van der Waals surface area (Å²) < 4.78 is 49.0. The molecule has 3 aromatic rings. The van der Waals surface area contributed by atoms with E-state index in [2.05, 4.69) is 5.32 Å². The van der Waals surface area contributed by atoms with E-state index in [1.54, 1.807) is 48.5 Å². The predicted octanol–water partition coefficient (Wildman–Crippen LogP) is 5.67. The Morgan fingerprint density at radius 3 is 1.82 bits per heavy atom. The fraction of sp³-hybridized carbons (Fsp3) is 0.200. The summed E-state index contributed by atoms with van der Waals surface area (Å²) in [4.78, 5) is 23.5. The van der Waals surface area contributed by atoms with Gasteiger partial charge < -0.3 is 19.9 Å². The lowest BCUT2D eigenvalue weighted by atomic mass is 10.1. The molecule has 0 aliphatic carbocycles. The van der Waals surface area contributed by atoms with Crippen molar-refractivity contribution >= 4 is 11.9 Å². The molecule has 1 amide bonds. The smallest absolute Gasteiger partial charge is 0.416 e. The normalized spacial score (nSPS) is 11.6. The zero-order valence-electron chi connectivity index (χ0n) is 18.3. The van der Waals surface area contributed by atoms with Gasteiger partial charge in [0.15, 0.2) is 5.60 Å². The van der Waals surface area contributed by atoms with Crippen LogP contribution in [0.15, 0.2) is 72.8 Å². The fourth-order valence-corrected chi connectivity index (χ4v) is 2.82. The quantitative estimate of drug-likeness (QED) is 0.440. The maximum absolute atomic E-state index is 12.6. The Balaban J connectivity index is 1.54. The Morgan fingerprint density at radius 1 is 0.824 bits per heavy atom. The van der Waals surface area contributed by atoms with E-state index in [0.717, 1.165) is 12.1 Å². The molecule has 0 saturated carbocycles. The van der Waals surface area contributed by atoms with Gasteiger partial charge in [-0.1, -0.05) is 12.1 Å². The third-order valence-corrected chi connectivity index (χ3v) is 4.80. The third kappa shape index (κ3) is 6.50. The van der Waals surface area contributed by atoms with Crippen molar-refractivity contribution in [2.24, 2.45) is 0 Å². The molecule has 0 aliphatic heterocycles. The van der Waals surface area contributed by atoms with Crippen LogP contribution in [0.5, 0.6) is 17.2 Å². The highest BCUT2D eigenvalue weighted by Crippen LogP contribution is 2.29. The Labute approximate surface area is 193 Å². The molecule has 3 aromatic carbocycles. The van der Waals surface area contributed by atoms with Crippen molar-refractivity contribution in [2.75, 3.05) is 0 Å². The summed E-state index contributed by atoms with van der Waals surface area (Å²) in [6.45, 7) is 2.98. The zero-order chi connectivity index (χ0) is 24.9. The van der Waals surface area contributed by atoms with E-state index in [-0.39, 0.29) is 12.5 Å². The Bertz CT molecular complexity index is 1140. The maximum Gasteiger partial charge on any atom is 0.416 e. The molecule has 0 aliphatic rings. The molecule has 0 bridgehead atoms. The lowest BCUT2D eigenvalue weighted by Crippen LogP contribution is -2.37. The van der Waals surface area contributed by atoms with Gasteiger partial charge in [-0.2, -0.15) is 13.2 Å². The monoisotopic (exact) mass is 473 g/mol. The Morgan fingerprint density at radius 2 is 1.32 bits per heavy atom. The van der Waals surface area contributed by atoms with E-state index >= 15 is 0 Å². The molecule has 0 spiro atoms. The lowest BCUT2D eigenvalue weighted by molar-refractivity contribution is -0.152. The summed E-state index contributed by atoms with van der Waals surface area (Å²) in [5.74, 6) is -0.135. The van der Waals surface area contributed by atoms with Crippen molar-refractivity contribution in [1.29, 1.82) is 0 Å². The van der Waals surface area contributed by atoms with Crippen LogP contribution in [0.3, 0.4) is 0 Å². The number of rotatable bonds is 8. The van der Waals surface area contributed by atoms with Crippen LogP contribution in [0.1, 0.15) is 35.3 Å². The van der Waals surface area contributed by atoms with Gasteiger partial charge in [-0.05, 0) is 80.1 Å². The summed E-state index contributed by atoms with van der Waals surface area (Å²) in [6, 6.07) is 17.3. The average Bonchev–Trinajstić information content (AvgIpc) is 2.78. The summed E-state index contributed by atoms with van der Waals surface area (Å²) >= 11 is 0. The highest BCUT2D eigenvalue weighted by atomic mass is 19.4. The summed E-state index contributed by atoms with van der Waals surface area (Å²) in [5, 5.41) is 11.8. The zero-order valence-corrected chi connectivity index (χ0v) is 18.3. The van der Waals surface area contributed by atoms with Gasteiger partial charge in [0.05, 0.1) is 5.56 Å². The van der Waals surface area contributed by atoms with Gasteiger partial charge in [-0.25, -0.2) is 4.79 Å². The number of aliphatic carboxylic acids is 1. The topological polar surface area (TPSA) is 84.9 Å². The Kier molecular flexibility index (Phi) is 7.14. The maximum atomic E-state index is 12.6. The first-order valence-corrected chi connectivity index (χ1v) is 10.2. The van der Waals surface area contributed by atoms with Crippen LogP contribution in [0.2, 0.25) is 0 Å². The number of hydrogen-bond donors (Lipinski definition) is 2. The first-order valence-electron chi connectivity index (χ1n) is 10.2. The molecule has 0 fully saturated rings. The second kappa shape index (κ2) is 9.86. The molecule has 34 heavy (non-hydrogen) atoms. The van der Waals surface area contributed by atoms with Gasteiger partial charge >= 0.3 is 12.1 Å². The number of hydrogen-bond acceptors (Lipinski definition) is 4. The number of carbonyl (C=O) groups excluding carboxylic acids is 1. The van der Waals surface area contributed by atoms with E-state index in [1.165, 1.54) is 26.0 Å². The van der Waals surface area contributed by atoms with Crippen LogP contribution >= 0.6 is 0 Å². The average molecular weight is 473 g/mol. The van der Waals surface area contributed by atoms with Crippen LogP contribution in [0.4, 0.5) is 13.2 Å². The molecule has 6 nitrogen and oxygen atoms in total. The van der Waals surface area contributed by atoms with Gasteiger partial charge in [0.25, 0.3) is 5.91 Å². The van der Waals surface area contributed by atoms with Gasteiger partial charge in [0.2, 0.25) is 0 Å². The van der Waals surface area contributed by atoms with Gasteiger partial charge in [-0.3, -0.25) is 4.79 Å². The molecule has 178 valence electrons. The minimum Gasteiger partial charge on any atom is -0.478 e. The summed E-state index contributed by atoms with van der Waals surface area (Å²) in [6.07, 6.45) is -4.40.